The molecule has 1 aliphatic carbocycles. The van der Waals surface area contributed by atoms with Crippen LogP contribution in [0.2, 0.25) is 0 Å². The maximum atomic E-state index is 11.0. The molecular formula is C20H40O5. The molecule has 1 aliphatic rings. The highest BCUT2D eigenvalue weighted by molar-refractivity contribution is 4.97. The summed E-state index contributed by atoms with van der Waals surface area (Å²) in [6.45, 7) is 8.04. The van der Waals surface area contributed by atoms with E-state index in [9.17, 15) is 5.11 Å². The molecule has 5 heteroatoms. The van der Waals surface area contributed by atoms with Gasteiger partial charge in [0.05, 0.1) is 5.60 Å². The average Bonchev–Trinajstić information content (AvgIpc) is 2.57. The predicted octanol–water partition coefficient (Wildman–Crippen LogP) is 4.26. The van der Waals surface area contributed by atoms with E-state index in [1.807, 2.05) is 27.7 Å². The number of rotatable bonds is 12. The van der Waals surface area contributed by atoms with Crippen molar-refractivity contribution >= 4 is 0 Å². The summed E-state index contributed by atoms with van der Waals surface area (Å²) in [6.07, 6.45) is 7.99. The number of methoxy groups -OCH3 is 2. The van der Waals surface area contributed by atoms with E-state index in [1.165, 1.54) is 32.1 Å². The molecule has 0 saturated heterocycles. The molecule has 1 saturated carbocycles. The molecule has 0 heterocycles. The maximum Gasteiger partial charge on any atom is 0.159 e. The van der Waals surface area contributed by atoms with Crippen LogP contribution in [0.4, 0.5) is 0 Å². The van der Waals surface area contributed by atoms with Crippen LogP contribution in [0.15, 0.2) is 0 Å². The highest BCUT2D eigenvalue weighted by atomic mass is 16.7. The van der Waals surface area contributed by atoms with Gasteiger partial charge in [0.25, 0.3) is 0 Å². The largest absolute Gasteiger partial charge is 0.387 e. The molecular weight excluding hydrogens is 320 g/mol. The lowest BCUT2D eigenvalue weighted by atomic mass is 9.75. The molecule has 2 unspecified atom stereocenters. The molecule has 0 aromatic carbocycles. The van der Waals surface area contributed by atoms with Gasteiger partial charge in [-0.1, -0.05) is 32.1 Å². The molecule has 2 atom stereocenters. The zero-order chi connectivity index (χ0) is 18.9. The van der Waals surface area contributed by atoms with E-state index in [4.69, 9.17) is 18.9 Å². The second-order valence-electron chi connectivity index (χ2n) is 7.84. The third-order valence-corrected chi connectivity index (χ3v) is 5.61. The zero-order valence-electron chi connectivity index (χ0n) is 17.2. The van der Waals surface area contributed by atoms with Crippen molar-refractivity contribution in [1.29, 1.82) is 0 Å². The normalized spacial score (nSPS) is 20.6. The lowest BCUT2D eigenvalue weighted by Crippen LogP contribution is -2.56. The Balaban J connectivity index is 2.95. The lowest BCUT2D eigenvalue weighted by Gasteiger charge is -2.46. The molecule has 0 bridgehead atoms. The van der Waals surface area contributed by atoms with Crippen molar-refractivity contribution in [3.05, 3.63) is 0 Å². The first-order chi connectivity index (χ1) is 11.8. The van der Waals surface area contributed by atoms with Crippen molar-refractivity contribution in [2.45, 2.75) is 103 Å². The van der Waals surface area contributed by atoms with Crippen molar-refractivity contribution < 1.29 is 24.1 Å². The fourth-order valence-electron chi connectivity index (χ4n) is 3.94. The Labute approximate surface area is 154 Å². The van der Waals surface area contributed by atoms with Gasteiger partial charge in [0.1, 0.15) is 5.60 Å². The molecule has 0 aromatic heterocycles. The number of hydrogen-bond acceptors (Lipinski definition) is 5. The summed E-state index contributed by atoms with van der Waals surface area (Å²) in [4.78, 5) is 0. The van der Waals surface area contributed by atoms with Crippen LogP contribution in [0.25, 0.3) is 0 Å². The third-order valence-electron chi connectivity index (χ3n) is 5.61. The fraction of sp³-hybridized carbons (Fsp3) is 1.00. The maximum absolute atomic E-state index is 11.0. The van der Waals surface area contributed by atoms with Crippen LogP contribution in [-0.4, -0.2) is 49.7 Å². The number of hydrogen-bond donors (Lipinski definition) is 1. The summed E-state index contributed by atoms with van der Waals surface area (Å²) in [6, 6.07) is 0. The van der Waals surface area contributed by atoms with Gasteiger partial charge < -0.3 is 24.1 Å². The molecule has 5 nitrogen and oxygen atoms in total. The van der Waals surface area contributed by atoms with Gasteiger partial charge in [-0.3, -0.25) is 0 Å². The molecule has 0 spiro atoms. The van der Waals surface area contributed by atoms with Crippen molar-refractivity contribution in [3.8, 4) is 0 Å². The summed E-state index contributed by atoms with van der Waals surface area (Å²) >= 11 is 0. The first-order valence-electron chi connectivity index (χ1n) is 9.85. The second-order valence-corrected chi connectivity index (χ2v) is 7.84. The summed E-state index contributed by atoms with van der Waals surface area (Å²) < 4.78 is 22.8. The summed E-state index contributed by atoms with van der Waals surface area (Å²) in [5.41, 5.74) is -1.82. The second kappa shape index (κ2) is 10.8. The number of ether oxygens (including phenoxy) is 4. The van der Waals surface area contributed by atoms with E-state index in [2.05, 4.69) is 0 Å². The first-order valence-corrected chi connectivity index (χ1v) is 9.85. The summed E-state index contributed by atoms with van der Waals surface area (Å²) in [5.74, 6) is 0.713. The molecule has 1 rings (SSSR count). The van der Waals surface area contributed by atoms with E-state index < -0.39 is 23.8 Å². The van der Waals surface area contributed by atoms with E-state index in [-0.39, 0.29) is 0 Å². The Morgan fingerprint density at radius 2 is 1.68 bits per heavy atom. The van der Waals surface area contributed by atoms with Crippen LogP contribution in [-0.2, 0) is 18.9 Å². The molecule has 1 N–H and O–H groups in total. The lowest BCUT2D eigenvalue weighted by molar-refractivity contribution is -0.279. The van der Waals surface area contributed by atoms with Gasteiger partial charge >= 0.3 is 0 Å². The predicted molar refractivity (Wildman–Crippen MR) is 99.4 cm³/mol. The van der Waals surface area contributed by atoms with Crippen molar-refractivity contribution in [2.24, 2.45) is 5.92 Å². The van der Waals surface area contributed by atoms with Crippen LogP contribution in [0.1, 0.15) is 79.1 Å². The van der Waals surface area contributed by atoms with Crippen LogP contribution in [0, 0.1) is 5.92 Å². The highest BCUT2D eigenvalue weighted by Gasteiger charge is 2.48. The minimum atomic E-state index is -1.04. The Hall–Kier alpha value is -0.200. The smallest absolute Gasteiger partial charge is 0.159 e. The van der Waals surface area contributed by atoms with E-state index in [0.29, 0.717) is 18.9 Å². The minimum absolute atomic E-state index is 0.392. The highest BCUT2D eigenvalue weighted by Crippen LogP contribution is 2.40. The first kappa shape index (κ1) is 22.8. The van der Waals surface area contributed by atoms with Gasteiger partial charge in [0.15, 0.2) is 12.6 Å². The van der Waals surface area contributed by atoms with Gasteiger partial charge in [-0.2, -0.15) is 0 Å². The Morgan fingerprint density at radius 1 is 1.08 bits per heavy atom. The van der Waals surface area contributed by atoms with Crippen molar-refractivity contribution in [1.82, 2.24) is 0 Å². The van der Waals surface area contributed by atoms with Gasteiger partial charge in [0, 0.05) is 27.2 Å². The van der Waals surface area contributed by atoms with E-state index in [0.717, 1.165) is 12.8 Å². The van der Waals surface area contributed by atoms with Crippen LogP contribution < -0.4 is 0 Å². The van der Waals surface area contributed by atoms with Crippen LogP contribution in [0.5, 0.6) is 0 Å². The monoisotopic (exact) mass is 360 g/mol. The van der Waals surface area contributed by atoms with Gasteiger partial charge in [-0.25, -0.2) is 0 Å². The zero-order valence-corrected chi connectivity index (χ0v) is 17.2. The van der Waals surface area contributed by atoms with Gasteiger partial charge in [-0.15, -0.1) is 0 Å². The number of aliphatic hydroxyl groups is 1. The fourth-order valence-corrected chi connectivity index (χ4v) is 3.94. The Kier molecular flexibility index (Phi) is 9.89. The molecule has 0 amide bonds. The van der Waals surface area contributed by atoms with Gasteiger partial charge in [-0.05, 0) is 46.5 Å². The van der Waals surface area contributed by atoms with Crippen molar-refractivity contribution in [2.75, 3.05) is 20.8 Å². The summed E-state index contributed by atoms with van der Waals surface area (Å²) in [7, 11) is 3.24. The summed E-state index contributed by atoms with van der Waals surface area (Å²) in [5, 5.41) is 11.0. The molecule has 150 valence electrons. The van der Waals surface area contributed by atoms with Crippen molar-refractivity contribution in [3.63, 3.8) is 0 Å². The minimum Gasteiger partial charge on any atom is -0.387 e. The third kappa shape index (κ3) is 7.14. The van der Waals surface area contributed by atoms with E-state index >= 15 is 0 Å². The molecule has 0 aliphatic heterocycles. The quantitative estimate of drug-likeness (QED) is 0.527. The molecule has 1 fully saturated rings. The SMILES string of the molecule is CCOC(C)OC(CCC1CCCCC1)(CC(OC)OC)C(C)(C)O. The average molecular weight is 361 g/mol. The van der Waals surface area contributed by atoms with Gasteiger partial charge in [0.2, 0.25) is 0 Å². The topological polar surface area (TPSA) is 57.2 Å². The standard InChI is InChI=1S/C20H40O5/c1-7-24-16(2)25-20(19(3,4)21,15-18(22-5)23-6)14-13-17-11-9-8-10-12-17/h16-18,21H,7-15H2,1-6H3. The molecule has 0 radical (unpaired) electrons. The Morgan fingerprint density at radius 3 is 2.16 bits per heavy atom. The Bertz CT molecular complexity index is 344. The van der Waals surface area contributed by atoms with Crippen LogP contribution in [0.3, 0.4) is 0 Å². The molecule has 25 heavy (non-hydrogen) atoms. The van der Waals surface area contributed by atoms with Crippen LogP contribution >= 0.6 is 0 Å². The van der Waals surface area contributed by atoms with E-state index in [1.54, 1.807) is 14.2 Å². The molecule has 0 aromatic rings.